The molecule has 0 unspecified atom stereocenters. The van der Waals surface area contributed by atoms with Crippen LogP contribution in [0.5, 0.6) is 0 Å². The largest absolute Gasteiger partial charge is 0.416 e. The molecule has 202 valence electrons. The monoisotopic (exact) mass is 516 g/mol. The van der Waals surface area contributed by atoms with Gasteiger partial charge in [-0.15, -0.1) is 0 Å². The zero-order chi connectivity index (χ0) is 26.1. The Hall–Kier alpha value is -1.18. The lowest BCUT2D eigenvalue weighted by Crippen LogP contribution is -2.08. The third-order valence-corrected chi connectivity index (χ3v) is 0.628. The van der Waals surface area contributed by atoms with Crippen LogP contribution >= 0.6 is 0 Å². The minimum atomic E-state index is -4.62. The molecule has 0 fully saturated rings. The van der Waals surface area contributed by atoms with Gasteiger partial charge in [-0.3, -0.25) is 0 Å². The van der Waals surface area contributed by atoms with Gasteiger partial charge in [0, 0.05) is 14.2 Å². The molecule has 0 heterocycles. The Morgan fingerprint density at radius 1 is 0.548 bits per heavy atom. The van der Waals surface area contributed by atoms with Gasteiger partial charge >= 0.3 is 12.4 Å². The molecule has 19 heteroatoms. The van der Waals surface area contributed by atoms with E-state index in [1.807, 2.05) is 13.8 Å². The topological polar surface area (TPSA) is 68.4 Å². The molecule has 0 aromatic rings. The summed E-state index contributed by atoms with van der Waals surface area (Å²) in [6, 6.07) is 0. The first-order valence-electron chi connectivity index (χ1n) is 6.72. The molecular weight excluding hydrogens is 490 g/mol. The van der Waals surface area contributed by atoms with Crippen LogP contribution in [0.25, 0.3) is 0 Å². The van der Waals surface area contributed by atoms with Crippen molar-refractivity contribution in [2.45, 2.75) is 26.2 Å². The van der Waals surface area contributed by atoms with Gasteiger partial charge in [-0.05, 0) is 9.05 Å². The second kappa shape index (κ2) is 51.5. The summed E-state index contributed by atoms with van der Waals surface area (Å²) in [5.41, 5.74) is 0. The van der Waals surface area contributed by atoms with Crippen LogP contribution in [-0.4, -0.2) is 72.8 Å². The minimum Gasteiger partial charge on any atom is -0.412 e. The maximum Gasteiger partial charge on any atom is 0.416 e. The van der Waals surface area contributed by atoms with E-state index >= 15 is 0 Å². The number of methoxy groups -OCH3 is 2. The molecule has 0 aliphatic rings. The van der Waals surface area contributed by atoms with Gasteiger partial charge in [0.05, 0.1) is 0 Å². The van der Waals surface area contributed by atoms with Crippen molar-refractivity contribution in [2.24, 2.45) is 0 Å². The molecule has 31 heavy (non-hydrogen) atoms. The minimum absolute atomic E-state index is 0. The van der Waals surface area contributed by atoms with Crippen molar-refractivity contribution < 1.29 is 86.6 Å². The van der Waals surface area contributed by atoms with Gasteiger partial charge in [0.1, 0.15) is 0 Å². The number of ether oxygens (including phenoxy) is 2. The van der Waals surface area contributed by atoms with E-state index in [1.165, 1.54) is 14.2 Å². The van der Waals surface area contributed by atoms with Crippen molar-refractivity contribution in [1.29, 1.82) is 0 Å². The number of alkyl halides is 12. The van der Waals surface area contributed by atoms with Gasteiger partial charge < -0.3 is 14.9 Å². The summed E-state index contributed by atoms with van der Waals surface area (Å²) in [4.78, 5) is 5.94. The van der Waals surface area contributed by atoms with Crippen LogP contribution in [0.15, 0.2) is 0 Å². The van der Waals surface area contributed by atoms with Crippen molar-refractivity contribution in [3.05, 3.63) is 0 Å². The summed E-state index contributed by atoms with van der Waals surface area (Å²) in [6.45, 7) is -4.51. The molecule has 0 aromatic heterocycles. The summed E-state index contributed by atoms with van der Waals surface area (Å²) in [7, 11) is 2.69. The average Bonchev–Trinajstić information content (AvgIpc) is 2.66. The van der Waals surface area contributed by atoms with E-state index in [1.54, 1.807) is 0 Å². The average molecular weight is 516 g/mol. The molecule has 0 saturated carbocycles. The molecule has 2 N–H and O–H groups in total. The van der Waals surface area contributed by atoms with Crippen LogP contribution < -0.4 is 0 Å². The van der Waals surface area contributed by atoms with E-state index in [0.717, 1.165) is 0 Å². The summed E-state index contributed by atoms with van der Waals surface area (Å²) in [5, 5.41) is 0. The first-order valence-corrected chi connectivity index (χ1v) is 6.72. The van der Waals surface area contributed by atoms with Gasteiger partial charge in [0.2, 0.25) is 13.9 Å². The van der Waals surface area contributed by atoms with Crippen LogP contribution in [0, 0.1) is 0 Å². The normalized spacial score (nSPS) is 8.71. The van der Waals surface area contributed by atoms with E-state index in [4.69, 9.17) is 0 Å². The van der Waals surface area contributed by atoms with Crippen LogP contribution in [0.3, 0.4) is 0 Å². The molecule has 5 nitrogen and oxygen atoms in total. The molecule has 0 bridgehead atoms. The fourth-order valence-corrected chi connectivity index (χ4v) is 0.0891. The highest BCUT2D eigenvalue weighted by Gasteiger charge is 2.26. The van der Waals surface area contributed by atoms with Crippen molar-refractivity contribution in [1.82, 2.24) is 0 Å². The quantitative estimate of drug-likeness (QED) is 0.340. The number of halogens is 14. The molecule has 0 spiro atoms. The molecular formula is C12H26F14O5. The van der Waals surface area contributed by atoms with Gasteiger partial charge in [-0.1, -0.05) is 13.8 Å². The van der Waals surface area contributed by atoms with Crippen molar-refractivity contribution in [3.8, 4) is 0 Å². The molecule has 0 aromatic carbocycles. The second-order valence-electron chi connectivity index (χ2n) is 2.73. The van der Waals surface area contributed by atoms with Crippen LogP contribution in [0.4, 0.5) is 61.7 Å². The van der Waals surface area contributed by atoms with E-state index in [9.17, 15) is 61.7 Å². The first kappa shape index (κ1) is 52.0. The summed E-state index contributed by atoms with van der Waals surface area (Å²) >= 11 is 0. The third-order valence-electron chi connectivity index (χ3n) is 0.628. The zero-order valence-corrected chi connectivity index (χ0v) is 16.7. The second-order valence-corrected chi connectivity index (χ2v) is 2.73. The predicted octanol–water partition coefficient (Wildman–Crippen LogP) is 5.99. The molecule has 0 aliphatic heterocycles. The molecule has 0 aliphatic carbocycles. The molecule has 0 rings (SSSR count). The predicted molar refractivity (Wildman–Crippen MR) is 81.3 cm³/mol. The molecule has 0 amide bonds. The number of hydrogen-bond donors (Lipinski definition) is 0. The van der Waals surface area contributed by atoms with Gasteiger partial charge in [0.25, 0.3) is 0 Å². The number of rotatable bonds is 4. The highest BCUT2D eigenvalue weighted by molar-refractivity contribution is 4.40. The molecule has 0 radical (unpaired) electrons. The fourth-order valence-electron chi connectivity index (χ4n) is 0.0891. The maximum atomic E-state index is 10.4. The van der Waals surface area contributed by atoms with Crippen molar-refractivity contribution >= 4 is 0 Å². The Labute approximate surface area is 169 Å². The van der Waals surface area contributed by atoms with Crippen molar-refractivity contribution in [3.63, 3.8) is 0 Å². The summed E-state index contributed by atoms with van der Waals surface area (Å²) in [6.07, 6.45) is -9.25. The van der Waals surface area contributed by atoms with E-state index in [2.05, 4.69) is 19.4 Å². The Morgan fingerprint density at radius 3 is 0.677 bits per heavy atom. The standard InChI is InChI=1S/2C2H2F4.2C2H5FO2.C2H6.2CH2F2.H2O/c2*3-1-2(4,5)6;2*1-4-2-5-3;1-2;2*2-1-3;/h2*1H2;2*2H2,1H3;1-2H3;2*1H2;1H2. The lowest BCUT2D eigenvalue weighted by atomic mass is 10.8. The SMILES string of the molecule is CC.COCOF.COCOF.FCC(F)(F)F.FCC(F)(F)F.FCF.FCF.O. The Balaban J connectivity index is -0.0000000339. The number of hydrogen-bond acceptors (Lipinski definition) is 4. The smallest absolute Gasteiger partial charge is 0.412 e. The Morgan fingerprint density at radius 2 is 0.677 bits per heavy atom. The third kappa shape index (κ3) is 266. The van der Waals surface area contributed by atoms with Gasteiger partial charge in [0.15, 0.2) is 26.9 Å². The van der Waals surface area contributed by atoms with E-state index in [0.29, 0.717) is 0 Å². The Kier molecular flexibility index (Phi) is 86.4. The summed E-state index contributed by atoms with van der Waals surface area (Å²) < 4.78 is 151. The van der Waals surface area contributed by atoms with Crippen LogP contribution in [0.1, 0.15) is 13.8 Å². The van der Waals surface area contributed by atoms with E-state index in [-0.39, 0.29) is 19.1 Å². The summed E-state index contributed by atoms with van der Waals surface area (Å²) in [5.74, 6) is 0. The van der Waals surface area contributed by atoms with Gasteiger partial charge in [-0.25, -0.2) is 26.3 Å². The lowest BCUT2D eigenvalue weighted by molar-refractivity contribution is -0.203. The van der Waals surface area contributed by atoms with Crippen LogP contribution in [0.2, 0.25) is 0 Å². The Bertz CT molecular complexity index is 197. The zero-order valence-electron chi connectivity index (χ0n) is 16.7. The maximum absolute atomic E-state index is 10.4. The highest BCUT2D eigenvalue weighted by atomic mass is 19.4. The van der Waals surface area contributed by atoms with Crippen molar-refractivity contribution in [2.75, 3.05) is 55.0 Å². The van der Waals surface area contributed by atoms with Gasteiger partial charge in [-0.2, -0.15) is 36.2 Å². The van der Waals surface area contributed by atoms with Crippen LogP contribution in [-0.2, 0) is 19.4 Å². The fraction of sp³-hybridized carbons (Fsp3) is 1.00. The molecule has 0 atom stereocenters. The first-order chi connectivity index (χ1) is 13.8. The molecule has 0 saturated heterocycles. The highest BCUT2D eigenvalue weighted by Crippen LogP contribution is 2.13. The lowest BCUT2D eigenvalue weighted by Gasteiger charge is -1.93. The van der Waals surface area contributed by atoms with E-state index < -0.39 is 39.6 Å².